The van der Waals surface area contributed by atoms with E-state index in [9.17, 15) is 4.79 Å². The van der Waals surface area contributed by atoms with Gasteiger partial charge in [-0.3, -0.25) is 9.69 Å². The average Bonchev–Trinajstić information content (AvgIpc) is 3.35. The van der Waals surface area contributed by atoms with Gasteiger partial charge in [-0.05, 0) is 88.7 Å². The number of benzene rings is 1. The monoisotopic (exact) mass is 426 g/mol. The third-order valence-corrected chi connectivity index (χ3v) is 8.13. The van der Waals surface area contributed by atoms with Gasteiger partial charge in [-0.1, -0.05) is 24.3 Å². The summed E-state index contributed by atoms with van der Waals surface area (Å²) in [6, 6.07) is 10.6. The van der Waals surface area contributed by atoms with E-state index < -0.39 is 0 Å². The molecule has 3 atom stereocenters. The summed E-state index contributed by atoms with van der Waals surface area (Å²) in [6.07, 6.45) is 5.47. The summed E-state index contributed by atoms with van der Waals surface area (Å²) in [6.45, 7) is 13.7. The third kappa shape index (κ3) is 5.17. The number of fused-ring (bicyclic) bond motifs is 1. The third-order valence-electron chi connectivity index (χ3n) is 8.13. The van der Waals surface area contributed by atoms with Crippen LogP contribution in [0.25, 0.3) is 0 Å². The average molecular weight is 427 g/mol. The van der Waals surface area contributed by atoms with Gasteiger partial charge in [0.15, 0.2) is 0 Å². The van der Waals surface area contributed by atoms with Gasteiger partial charge in [0.05, 0.1) is 0 Å². The number of likely N-dealkylation sites (tertiary alicyclic amines) is 1. The molecule has 0 spiro atoms. The zero-order chi connectivity index (χ0) is 22.0. The number of rotatable bonds is 7. The molecule has 2 heterocycles. The van der Waals surface area contributed by atoms with Gasteiger partial charge >= 0.3 is 0 Å². The Hall–Kier alpha value is -1.39. The quantitative estimate of drug-likeness (QED) is 0.632. The summed E-state index contributed by atoms with van der Waals surface area (Å²) in [7, 11) is 0. The fourth-order valence-corrected chi connectivity index (χ4v) is 6.36. The van der Waals surface area contributed by atoms with Crippen LogP contribution in [-0.4, -0.2) is 60.6 Å². The van der Waals surface area contributed by atoms with Crippen LogP contribution in [0.3, 0.4) is 0 Å². The smallest absolute Gasteiger partial charge is 0.225 e. The van der Waals surface area contributed by atoms with Gasteiger partial charge < -0.3 is 9.64 Å². The molecule has 3 aliphatic rings. The van der Waals surface area contributed by atoms with E-state index in [4.69, 9.17) is 4.74 Å². The highest BCUT2D eigenvalue weighted by Crippen LogP contribution is 2.48. The Balaban J connectivity index is 1.34. The molecule has 1 aliphatic carbocycles. The molecule has 2 saturated heterocycles. The van der Waals surface area contributed by atoms with E-state index in [1.54, 1.807) is 0 Å². The van der Waals surface area contributed by atoms with E-state index >= 15 is 0 Å². The molecule has 0 bridgehead atoms. The van der Waals surface area contributed by atoms with E-state index in [2.05, 4.69) is 61.8 Å². The number of carbonyl (C=O) groups is 1. The van der Waals surface area contributed by atoms with Gasteiger partial charge in [0, 0.05) is 50.8 Å². The van der Waals surface area contributed by atoms with Gasteiger partial charge in [0.1, 0.15) is 0 Å². The van der Waals surface area contributed by atoms with Gasteiger partial charge in [0.2, 0.25) is 5.91 Å². The van der Waals surface area contributed by atoms with Crippen LogP contribution in [0.4, 0.5) is 0 Å². The SMILES string of the molecule is CC(C)N(CCc1ccc([C@@H]2CC[C@@H]3CN(C(=O)C4CCOCC4)C[C@@H]32)cc1)C(C)C. The number of ether oxygens (including phenoxy) is 1. The summed E-state index contributed by atoms with van der Waals surface area (Å²) in [5.41, 5.74) is 2.92. The standard InChI is InChI=1S/C27H42N2O2/c1-19(2)29(20(3)4)14-11-21-5-7-22(8-6-21)25-10-9-24-17-28(18-26(24)25)27(30)23-12-15-31-16-13-23/h5-8,19-20,23-26H,9-18H2,1-4H3/t24-,25+,26+/m1/s1. The van der Waals surface area contributed by atoms with E-state index in [0.29, 0.717) is 35.7 Å². The minimum absolute atomic E-state index is 0.196. The minimum atomic E-state index is 0.196. The fraction of sp³-hybridized carbons (Fsp3) is 0.741. The molecular weight excluding hydrogens is 384 g/mol. The van der Waals surface area contributed by atoms with Crippen molar-refractivity contribution < 1.29 is 9.53 Å². The van der Waals surface area contributed by atoms with Crippen LogP contribution < -0.4 is 0 Å². The van der Waals surface area contributed by atoms with E-state index in [0.717, 1.165) is 52.1 Å². The summed E-state index contributed by atoms with van der Waals surface area (Å²) < 4.78 is 5.45. The van der Waals surface area contributed by atoms with Crippen molar-refractivity contribution in [3.8, 4) is 0 Å². The van der Waals surface area contributed by atoms with Crippen molar-refractivity contribution in [2.24, 2.45) is 17.8 Å². The molecule has 0 aromatic heterocycles. The molecule has 1 aromatic rings. The molecule has 1 amide bonds. The second-order valence-corrected chi connectivity index (χ2v) is 10.7. The lowest BCUT2D eigenvalue weighted by molar-refractivity contribution is -0.137. The minimum Gasteiger partial charge on any atom is -0.381 e. The largest absolute Gasteiger partial charge is 0.381 e. The fourth-order valence-electron chi connectivity index (χ4n) is 6.36. The lowest BCUT2D eigenvalue weighted by atomic mass is 9.86. The predicted octanol–water partition coefficient (Wildman–Crippen LogP) is 4.73. The van der Waals surface area contributed by atoms with Crippen LogP contribution >= 0.6 is 0 Å². The molecule has 31 heavy (non-hydrogen) atoms. The molecule has 0 radical (unpaired) electrons. The Labute approximate surface area is 189 Å². The molecule has 4 nitrogen and oxygen atoms in total. The first-order valence-corrected chi connectivity index (χ1v) is 12.6. The van der Waals surface area contributed by atoms with Crippen molar-refractivity contribution in [3.63, 3.8) is 0 Å². The lowest BCUT2D eigenvalue weighted by Gasteiger charge is -2.30. The second-order valence-electron chi connectivity index (χ2n) is 10.7. The van der Waals surface area contributed by atoms with Crippen LogP contribution in [0, 0.1) is 17.8 Å². The van der Waals surface area contributed by atoms with E-state index in [1.807, 2.05) is 0 Å². The van der Waals surface area contributed by atoms with Gasteiger partial charge in [-0.15, -0.1) is 0 Å². The maximum atomic E-state index is 13.0. The molecule has 4 rings (SSSR count). The molecule has 4 heteroatoms. The number of hydrogen-bond donors (Lipinski definition) is 0. The highest BCUT2D eigenvalue weighted by Gasteiger charge is 2.45. The maximum Gasteiger partial charge on any atom is 0.225 e. The first kappa shape index (κ1) is 22.8. The lowest BCUT2D eigenvalue weighted by Crippen LogP contribution is -2.38. The zero-order valence-corrected chi connectivity index (χ0v) is 20.1. The van der Waals surface area contributed by atoms with Crippen molar-refractivity contribution in [2.45, 2.75) is 77.8 Å². The molecule has 2 aliphatic heterocycles. The first-order chi connectivity index (χ1) is 14.9. The van der Waals surface area contributed by atoms with Crippen LogP contribution in [0.2, 0.25) is 0 Å². The van der Waals surface area contributed by atoms with Gasteiger partial charge in [0.25, 0.3) is 0 Å². The van der Waals surface area contributed by atoms with Crippen molar-refractivity contribution in [2.75, 3.05) is 32.8 Å². The van der Waals surface area contributed by atoms with Crippen molar-refractivity contribution in [1.82, 2.24) is 9.80 Å². The van der Waals surface area contributed by atoms with E-state index in [1.165, 1.54) is 24.0 Å². The van der Waals surface area contributed by atoms with Crippen LogP contribution in [0.15, 0.2) is 24.3 Å². The Morgan fingerprint density at radius 1 is 1.00 bits per heavy atom. The molecule has 1 aromatic carbocycles. The summed E-state index contributed by atoms with van der Waals surface area (Å²) in [5, 5.41) is 0. The summed E-state index contributed by atoms with van der Waals surface area (Å²) >= 11 is 0. The molecule has 0 unspecified atom stereocenters. The summed E-state index contributed by atoms with van der Waals surface area (Å²) in [4.78, 5) is 17.8. The number of amides is 1. The Morgan fingerprint density at radius 3 is 2.32 bits per heavy atom. The van der Waals surface area contributed by atoms with Crippen LogP contribution in [-0.2, 0) is 16.0 Å². The molecule has 3 fully saturated rings. The second kappa shape index (κ2) is 10.0. The Bertz CT molecular complexity index is 715. The van der Waals surface area contributed by atoms with Gasteiger partial charge in [-0.25, -0.2) is 0 Å². The van der Waals surface area contributed by atoms with Crippen molar-refractivity contribution in [3.05, 3.63) is 35.4 Å². The molecule has 172 valence electrons. The molecular formula is C27H42N2O2. The van der Waals surface area contributed by atoms with Crippen molar-refractivity contribution in [1.29, 1.82) is 0 Å². The zero-order valence-electron chi connectivity index (χ0n) is 20.1. The Morgan fingerprint density at radius 2 is 1.68 bits per heavy atom. The normalized spacial score (nSPS) is 26.9. The van der Waals surface area contributed by atoms with Crippen LogP contribution in [0.1, 0.15) is 70.4 Å². The highest BCUT2D eigenvalue weighted by molar-refractivity contribution is 5.79. The number of carbonyl (C=O) groups excluding carboxylic acids is 1. The molecule has 1 saturated carbocycles. The van der Waals surface area contributed by atoms with Crippen molar-refractivity contribution >= 4 is 5.91 Å². The topological polar surface area (TPSA) is 32.8 Å². The maximum absolute atomic E-state index is 13.0. The first-order valence-electron chi connectivity index (χ1n) is 12.6. The summed E-state index contributed by atoms with van der Waals surface area (Å²) in [5.74, 6) is 2.55. The highest BCUT2D eigenvalue weighted by atomic mass is 16.5. The van der Waals surface area contributed by atoms with Crippen LogP contribution in [0.5, 0.6) is 0 Å². The Kier molecular flexibility index (Phi) is 7.38. The van der Waals surface area contributed by atoms with E-state index in [-0.39, 0.29) is 5.92 Å². The number of nitrogens with zero attached hydrogens (tertiary/aromatic N) is 2. The predicted molar refractivity (Wildman–Crippen MR) is 126 cm³/mol. The number of hydrogen-bond acceptors (Lipinski definition) is 3. The molecule has 0 N–H and O–H groups in total. The van der Waals surface area contributed by atoms with Gasteiger partial charge in [-0.2, -0.15) is 0 Å².